The van der Waals surface area contributed by atoms with Crippen LogP contribution in [0, 0.1) is 3.57 Å². The van der Waals surface area contributed by atoms with E-state index in [4.69, 9.17) is 4.74 Å². The highest BCUT2D eigenvalue weighted by molar-refractivity contribution is 14.1. The lowest BCUT2D eigenvalue weighted by atomic mass is 9.73. The van der Waals surface area contributed by atoms with Crippen molar-refractivity contribution in [1.82, 2.24) is 0 Å². The van der Waals surface area contributed by atoms with E-state index >= 15 is 0 Å². The molecule has 1 aliphatic rings. The Labute approximate surface area is 158 Å². The maximum atomic E-state index is 13.1. The number of rotatable bonds is 3. The minimum Gasteiger partial charge on any atom is -0.381 e. The van der Waals surface area contributed by atoms with Crippen LogP contribution in [0.2, 0.25) is 0 Å². The van der Waals surface area contributed by atoms with E-state index in [1.807, 2.05) is 48.5 Å². The maximum absolute atomic E-state index is 13.1. The molecule has 1 fully saturated rings. The zero-order chi connectivity index (χ0) is 16.3. The fraction of sp³-hybridized carbons (Fsp3) is 0.278. The Hall–Kier alpha value is -0.920. The van der Waals surface area contributed by atoms with Gasteiger partial charge in [-0.2, -0.15) is 0 Å². The number of benzene rings is 2. The van der Waals surface area contributed by atoms with E-state index in [0.29, 0.717) is 26.1 Å². The quantitative estimate of drug-likeness (QED) is 0.637. The number of nitrogens with one attached hydrogen (secondary N) is 1. The lowest BCUT2D eigenvalue weighted by Gasteiger charge is -2.36. The molecule has 1 heterocycles. The zero-order valence-corrected chi connectivity index (χ0v) is 16.3. The Bertz CT molecular complexity index is 679. The number of ether oxygens (including phenoxy) is 1. The van der Waals surface area contributed by atoms with Gasteiger partial charge in [0.05, 0.1) is 5.41 Å². The Morgan fingerprint density at radius 2 is 1.65 bits per heavy atom. The first-order chi connectivity index (χ1) is 11.1. The van der Waals surface area contributed by atoms with Crippen LogP contribution in [0.3, 0.4) is 0 Å². The van der Waals surface area contributed by atoms with Crippen molar-refractivity contribution in [3.05, 3.63) is 62.1 Å². The first-order valence-corrected chi connectivity index (χ1v) is 9.38. The monoisotopic (exact) mass is 485 g/mol. The van der Waals surface area contributed by atoms with Crippen molar-refractivity contribution >= 4 is 50.1 Å². The third kappa shape index (κ3) is 3.78. The van der Waals surface area contributed by atoms with Crippen LogP contribution < -0.4 is 5.32 Å². The van der Waals surface area contributed by atoms with Gasteiger partial charge in [-0.15, -0.1) is 0 Å². The van der Waals surface area contributed by atoms with Gasteiger partial charge in [0.2, 0.25) is 5.91 Å². The molecule has 2 aromatic carbocycles. The molecule has 3 nitrogen and oxygen atoms in total. The molecule has 0 aromatic heterocycles. The van der Waals surface area contributed by atoms with E-state index in [0.717, 1.165) is 19.3 Å². The molecule has 1 aliphatic heterocycles. The van der Waals surface area contributed by atoms with Gasteiger partial charge in [-0.25, -0.2) is 0 Å². The molecule has 0 saturated carbocycles. The smallest absolute Gasteiger partial charge is 0.235 e. The second-order valence-electron chi connectivity index (χ2n) is 5.66. The van der Waals surface area contributed by atoms with Crippen molar-refractivity contribution in [2.24, 2.45) is 0 Å². The van der Waals surface area contributed by atoms with Crippen LogP contribution >= 0.6 is 38.5 Å². The molecule has 0 spiro atoms. The zero-order valence-electron chi connectivity index (χ0n) is 12.5. The van der Waals surface area contributed by atoms with Gasteiger partial charge in [-0.3, -0.25) is 4.79 Å². The van der Waals surface area contributed by atoms with Crippen molar-refractivity contribution in [1.29, 1.82) is 0 Å². The second kappa shape index (κ2) is 7.32. The number of halogens is 2. The first kappa shape index (κ1) is 16.9. The Balaban J connectivity index is 1.90. The van der Waals surface area contributed by atoms with Crippen molar-refractivity contribution in [2.75, 3.05) is 18.5 Å². The topological polar surface area (TPSA) is 38.3 Å². The Morgan fingerprint density at radius 1 is 1.04 bits per heavy atom. The Morgan fingerprint density at radius 3 is 2.26 bits per heavy atom. The normalized spacial score (nSPS) is 16.8. The van der Waals surface area contributed by atoms with Crippen LogP contribution in [0.1, 0.15) is 18.4 Å². The van der Waals surface area contributed by atoms with Crippen molar-refractivity contribution in [3.8, 4) is 0 Å². The summed E-state index contributed by atoms with van der Waals surface area (Å²) in [6.07, 6.45) is 1.40. The van der Waals surface area contributed by atoms with Gasteiger partial charge in [0, 0.05) is 26.9 Å². The summed E-state index contributed by atoms with van der Waals surface area (Å²) in [6.45, 7) is 1.21. The molecule has 23 heavy (non-hydrogen) atoms. The van der Waals surface area contributed by atoms with E-state index in [1.165, 1.54) is 0 Å². The summed E-state index contributed by atoms with van der Waals surface area (Å²) in [7, 11) is 0. The summed E-state index contributed by atoms with van der Waals surface area (Å²) in [5.74, 6) is 0.0457. The molecule has 0 unspecified atom stereocenters. The van der Waals surface area contributed by atoms with Crippen LogP contribution in [0.4, 0.5) is 5.69 Å². The largest absolute Gasteiger partial charge is 0.381 e. The van der Waals surface area contributed by atoms with E-state index in [9.17, 15) is 4.79 Å². The SMILES string of the molecule is O=C(Nc1ccc(I)cc1)C1(c2ccc(Br)cc2)CCOCC1. The predicted octanol–water partition coefficient (Wildman–Crippen LogP) is 4.74. The number of hydrogen-bond donors (Lipinski definition) is 1. The molecule has 0 aliphatic carbocycles. The summed E-state index contributed by atoms with van der Waals surface area (Å²) in [4.78, 5) is 13.1. The highest BCUT2D eigenvalue weighted by Crippen LogP contribution is 2.36. The molecule has 120 valence electrons. The summed E-state index contributed by atoms with van der Waals surface area (Å²) < 4.78 is 7.66. The molecule has 0 atom stereocenters. The van der Waals surface area contributed by atoms with Crippen molar-refractivity contribution in [3.63, 3.8) is 0 Å². The number of hydrogen-bond acceptors (Lipinski definition) is 2. The van der Waals surface area contributed by atoms with E-state index < -0.39 is 5.41 Å². The van der Waals surface area contributed by atoms with Gasteiger partial charge in [0.1, 0.15) is 0 Å². The minimum absolute atomic E-state index is 0.0457. The van der Waals surface area contributed by atoms with Gasteiger partial charge in [0.15, 0.2) is 0 Å². The van der Waals surface area contributed by atoms with Gasteiger partial charge in [-0.1, -0.05) is 28.1 Å². The van der Waals surface area contributed by atoms with Crippen LogP contribution in [0.15, 0.2) is 53.0 Å². The number of carbonyl (C=O) groups is 1. The molecule has 1 saturated heterocycles. The third-order valence-electron chi connectivity index (χ3n) is 4.28. The molecule has 0 radical (unpaired) electrons. The standard InChI is InChI=1S/C18H17BrINO2/c19-14-3-1-13(2-4-14)18(9-11-23-12-10-18)17(22)21-16-7-5-15(20)6-8-16/h1-8H,9-12H2,(H,21,22). The van der Waals surface area contributed by atoms with Gasteiger partial charge < -0.3 is 10.1 Å². The molecule has 0 bridgehead atoms. The van der Waals surface area contributed by atoms with Gasteiger partial charge in [0.25, 0.3) is 0 Å². The van der Waals surface area contributed by atoms with Crippen LogP contribution in [-0.4, -0.2) is 19.1 Å². The van der Waals surface area contributed by atoms with Crippen molar-refractivity contribution < 1.29 is 9.53 Å². The fourth-order valence-corrected chi connectivity index (χ4v) is 3.54. The highest BCUT2D eigenvalue weighted by Gasteiger charge is 2.41. The highest BCUT2D eigenvalue weighted by atomic mass is 127. The summed E-state index contributed by atoms with van der Waals surface area (Å²) in [5, 5.41) is 3.08. The molecule has 1 N–H and O–H groups in total. The van der Waals surface area contributed by atoms with Crippen LogP contribution in [0.5, 0.6) is 0 Å². The van der Waals surface area contributed by atoms with Crippen LogP contribution in [-0.2, 0) is 14.9 Å². The van der Waals surface area contributed by atoms with Crippen LogP contribution in [0.25, 0.3) is 0 Å². The molecule has 2 aromatic rings. The molecule has 3 rings (SSSR count). The van der Waals surface area contributed by atoms with E-state index in [-0.39, 0.29) is 5.91 Å². The summed E-state index contributed by atoms with van der Waals surface area (Å²) in [6, 6.07) is 15.9. The lowest BCUT2D eigenvalue weighted by molar-refractivity contribution is -0.125. The predicted molar refractivity (Wildman–Crippen MR) is 104 cm³/mol. The molecule has 1 amide bonds. The number of amides is 1. The second-order valence-corrected chi connectivity index (χ2v) is 7.82. The molecular formula is C18H17BrINO2. The average Bonchev–Trinajstić information content (AvgIpc) is 2.58. The van der Waals surface area contributed by atoms with Gasteiger partial charge >= 0.3 is 0 Å². The summed E-state index contributed by atoms with van der Waals surface area (Å²) in [5.41, 5.74) is 1.35. The minimum atomic E-state index is -0.526. The average molecular weight is 486 g/mol. The lowest BCUT2D eigenvalue weighted by Crippen LogP contribution is -2.44. The van der Waals surface area contributed by atoms with Gasteiger partial charge in [-0.05, 0) is 77.4 Å². The molecule has 5 heteroatoms. The third-order valence-corrected chi connectivity index (χ3v) is 5.53. The van der Waals surface area contributed by atoms with E-state index in [2.05, 4.69) is 43.8 Å². The fourth-order valence-electron chi connectivity index (χ4n) is 2.92. The Kier molecular flexibility index (Phi) is 5.38. The number of carbonyl (C=O) groups excluding carboxylic acids is 1. The van der Waals surface area contributed by atoms with E-state index in [1.54, 1.807) is 0 Å². The first-order valence-electron chi connectivity index (χ1n) is 7.51. The number of anilines is 1. The summed E-state index contributed by atoms with van der Waals surface area (Å²) >= 11 is 5.71. The van der Waals surface area contributed by atoms with Crippen molar-refractivity contribution in [2.45, 2.75) is 18.3 Å². The molecular weight excluding hydrogens is 469 g/mol. The maximum Gasteiger partial charge on any atom is 0.235 e.